The van der Waals surface area contributed by atoms with Gasteiger partial charge in [0.2, 0.25) is 0 Å². The number of hydrogen-bond donors (Lipinski definition) is 1. The summed E-state index contributed by atoms with van der Waals surface area (Å²) in [5.74, 6) is -2.76. The predicted octanol–water partition coefficient (Wildman–Crippen LogP) is 2.32. The second-order valence-corrected chi connectivity index (χ2v) is 2.56. The Balaban J connectivity index is 3.29. The fourth-order valence-electron chi connectivity index (χ4n) is 1.00. The SMILES string of the molecule is O=C(O)c1ccnc(C(F)F)c1OC(F)F. The summed E-state index contributed by atoms with van der Waals surface area (Å²) < 4.78 is 52.3. The first-order valence-corrected chi connectivity index (χ1v) is 3.88. The van der Waals surface area contributed by atoms with E-state index in [9.17, 15) is 22.4 Å². The normalized spacial score (nSPS) is 10.9. The molecule has 1 N–H and O–H groups in total. The van der Waals surface area contributed by atoms with Gasteiger partial charge in [-0.1, -0.05) is 0 Å². The molecule has 0 fully saturated rings. The van der Waals surface area contributed by atoms with Gasteiger partial charge in [0.1, 0.15) is 11.3 Å². The molecule has 0 atom stereocenters. The number of carboxylic acid groups (broad SMARTS) is 1. The van der Waals surface area contributed by atoms with Crippen LogP contribution in [0.4, 0.5) is 17.6 Å². The van der Waals surface area contributed by atoms with E-state index in [-0.39, 0.29) is 0 Å². The fraction of sp³-hybridized carbons (Fsp3) is 0.250. The zero-order valence-electron chi connectivity index (χ0n) is 7.53. The molecule has 0 bridgehead atoms. The molecule has 0 saturated heterocycles. The number of pyridine rings is 1. The van der Waals surface area contributed by atoms with Crippen LogP contribution >= 0.6 is 0 Å². The molecule has 0 saturated carbocycles. The number of aromatic carboxylic acids is 1. The number of ether oxygens (including phenoxy) is 1. The minimum atomic E-state index is -3.40. The largest absolute Gasteiger partial charge is 0.478 e. The second-order valence-electron chi connectivity index (χ2n) is 2.56. The highest BCUT2D eigenvalue weighted by Gasteiger charge is 2.24. The van der Waals surface area contributed by atoms with Crippen LogP contribution in [-0.4, -0.2) is 22.7 Å². The van der Waals surface area contributed by atoms with Crippen LogP contribution < -0.4 is 4.74 Å². The van der Waals surface area contributed by atoms with Gasteiger partial charge in [-0.25, -0.2) is 13.6 Å². The minimum absolute atomic E-state index is 0.781. The van der Waals surface area contributed by atoms with Crippen molar-refractivity contribution in [1.29, 1.82) is 0 Å². The predicted molar refractivity (Wildman–Crippen MR) is 42.8 cm³/mol. The lowest BCUT2D eigenvalue weighted by atomic mass is 10.2. The molecule has 1 aromatic heterocycles. The third-order valence-electron chi connectivity index (χ3n) is 1.58. The molecule has 0 radical (unpaired) electrons. The molecular weight excluding hydrogens is 234 g/mol. The number of rotatable bonds is 4. The highest BCUT2D eigenvalue weighted by molar-refractivity contribution is 5.91. The van der Waals surface area contributed by atoms with Crippen LogP contribution in [0.15, 0.2) is 12.3 Å². The molecule has 0 aliphatic carbocycles. The van der Waals surface area contributed by atoms with Gasteiger partial charge in [0.25, 0.3) is 6.43 Å². The number of carboxylic acids is 1. The van der Waals surface area contributed by atoms with Gasteiger partial charge in [0.15, 0.2) is 5.75 Å². The summed E-state index contributed by atoms with van der Waals surface area (Å²) in [5.41, 5.74) is -1.91. The standard InChI is InChI=1S/C8H5F4NO3/c9-6(10)4-5(16-8(11)12)3(7(14)15)1-2-13-4/h1-2,6,8H,(H,14,15). The first-order chi connectivity index (χ1) is 7.43. The van der Waals surface area contributed by atoms with Crippen LogP contribution in [0.3, 0.4) is 0 Å². The Kier molecular flexibility index (Phi) is 3.64. The van der Waals surface area contributed by atoms with E-state index in [1.807, 2.05) is 0 Å². The van der Waals surface area contributed by atoms with Crippen molar-refractivity contribution in [3.8, 4) is 5.75 Å². The summed E-state index contributed by atoms with van der Waals surface area (Å²) in [6.07, 6.45) is -2.42. The molecule has 4 nitrogen and oxygen atoms in total. The van der Waals surface area contributed by atoms with Gasteiger partial charge >= 0.3 is 12.6 Å². The van der Waals surface area contributed by atoms with Crippen LogP contribution in [0, 0.1) is 0 Å². The smallest absolute Gasteiger partial charge is 0.387 e. The molecule has 0 unspecified atom stereocenters. The molecule has 8 heteroatoms. The molecule has 1 aromatic rings. The minimum Gasteiger partial charge on any atom is -0.478 e. The maximum absolute atomic E-state index is 12.3. The first-order valence-electron chi connectivity index (χ1n) is 3.88. The van der Waals surface area contributed by atoms with Crippen LogP contribution in [0.25, 0.3) is 0 Å². The highest BCUT2D eigenvalue weighted by atomic mass is 19.3. The molecule has 0 amide bonds. The number of halogens is 4. The van der Waals surface area contributed by atoms with Gasteiger partial charge in [-0.3, -0.25) is 4.98 Å². The van der Waals surface area contributed by atoms with Gasteiger partial charge in [-0.15, -0.1) is 0 Å². The van der Waals surface area contributed by atoms with Crippen LogP contribution in [0.1, 0.15) is 22.5 Å². The van der Waals surface area contributed by atoms with Crippen molar-refractivity contribution >= 4 is 5.97 Å². The Hall–Kier alpha value is -1.86. The van der Waals surface area contributed by atoms with E-state index < -0.39 is 36.0 Å². The van der Waals surface area contributed by atoms with E-state index in [1.54, 1.807) is 0 Å². The summed E-state index contributed by atoms with van der Waals surface area (Å²) in [6, 6.07) is 0.798. The van der Waals surface area contributed by atoms with Gasteiger partial charge < -0.3 is 9.84 Å². The number of hydrogen-bond acceptors (Lipinski definition) is 3. The average Bonchev–Trinajstić information content (AvgIpc) is 2.16. The summed E-state index contributed by atoms with van der Waals surface area (Å²) in [7, 11) is 0. The quantitative estimate of drug-likeness (QED) is 0.819. The molecule has 16 heavy (non-hydrogen) atoms. The van der Waals surface area contributed by atoms with E-state index in [2.05, 4.69) is 9.72 Å². The van der Waals surface area contributed by atoms with Crippen LogP contribution in [0.5, 0.6) is 5.75 Å². The fourth-order valence-corrected chi connectivity index (χ4v) is 1.00. The number of aromatic nitrogens is 1. The van der Waals surface area contributed by atoms with E-state index in [1.165, 1.54) is 0 Å². The van der Waals surface area contributed by atoms with Crippen molar-refractivity contribution in [3.63, 3.8) is 0 Å². The van der Waals surface area contributed by atoms with Crippen molar-refractivity contribution in [1.82, 2.24) is 4.98 Å². The van der Waals surface area contributed by atoms with Gasteiger partial charge in [-0.05, 0) is 6.07 Å². The van der Waals surface area contributed by atoms with Crippen LogP contribution in [0.2, 0.25) is 0 Å². The number of carbonyl (C=O) groups is 1. The lowest BCUT2D eigenvalue weighted by Crippen LogP contribution is -2.11. The summed E-state index contributed by atoms with van der Waals surface area (Å²) in [6.45, 7) is -3.40. The molecule has 0 aromatic carbocycles. The Morgan fingerprint density at radius 2 is 2.00 bits per heavy atom. The van der Waals surface area contributed by atoms with Gasteiger partial charge in [-0.2, -0.15) is 8.78 Å². The summed E-state index contributed by atoms with van der Waals surface area (Å²) >= 11 is 0. The zero-order chi connectivity index (χ0) is 12.3. The maximum atomic E-state index is 12.3. The lowest BCUT2D eigenvalue weighted by Gasteiger charge is -2.11. The van der Waals surface area contributed by atoms with Crippen molar-refractivity contribution in [2.24, 2.45) is 0 Å². The Bertz CT molecular complexity index is 397. The first kappa shape index (κ1) is 12.2. The van der Waals surface area contributed by atoms with E-state index in [4.69, 9.17) is 5.11 Å². The third kappa shape index (κ3) is 2.59. The number of nitrogens with zero attached hydrogens (tertiary/aromatic N) is 1. The molecular formula is C8H5F4NO3. The molecule has 1 rings (SSSR count). The topological polar surface area (TPSA) is 59.4 Å². The third-order valence-corrected chi connectivity index (χ3v) is 1.58. The molecule has 0 aliphatic heterocycles. The van der Waals surface area contributed by atoms with E-state index >= 15 is 0 Å². The average molecular weight is 239 g/mol. The van der Waals surface area contributed by atoms with Crippen molar-refractivity contribution in [2.45, 2.75) is 13.0 Å². The molecule has 0 aliphatic rings. The second kappa shape index (κ2) is 4.77. The Morgan fingerprint density at radius 1 is 1.38 bits per heavy atom. The summed E-state index contributed by atoms with van der Waals surface area (Å²) in [4.78, 5) is 13.7. The number of alkyl halides is 4. The van der Waals surface area contributed by atoms with E-state index in [0.29, 0.717) is 0 Å². The molecule has 0 spiro atoms. The van der Waals surface area contributed by atoms with E-state index in [0.717, 1.165) is 12.3 Å². The molecule has 88 valence electrons. The van der Waals surface area contributed by atoms with Crippen LogP contribution in [-0.2, 0) is 0 Å². The zero-order valence-corrected chi connectivity index (χ0v) is 7.53. The molecule has 1 heterocycles. The lowest BCUT2D eigenvalue weighted by molar-refractivity contribution is -0.0529. The van der Waals surface area contributed by atoms with Crippen molar-refractivity contribution in [3.05, 3.63) is 23.5 Å². The highest BCUT2D eigenvalue weighted by Crippen LogP contribution is 2.31. The van der Waals surface area contributed by atoms with Crippen molar-refractivity contribution in [2.75, 3.05) is 0 Å². The van der Waals surface area contributed by atoms with Gasteiger partial charge in [0, 0.05) is 6.20 Å². The Labute approximate surface area is 86.5 Å². The summed E-state index contributed by atoms with van der Waals surface area (Å²) in [5, 5.41) is 8.59. The van der Waals surface area contributed by atoms with Gasteiger partial charge in [0.05, 0.1) is 0 Å². The maximum Gasteiger partial charge on any atom is 0.387 e. The van der Waals surface area contributed by atoms with Crippen molar-refractivity contribution < 1.29 is 32.2 Å². The monoisotopic (exact) mass is 239 g/mol. The Morgan fingerprint density at radius 3 is 2.44 bits per heavy atom.